The van der Waals surface area contributed by atoms with Crippen LogP contribution in [0.1, 0.15) is 11.1 Å². The fourth-order valence-electron chi connectivity index (χ4n) is 2.07. The van der Waals surface area contributed by atoms with E-state index in [2.05, 4.69) is 15.8 Å². The van der Waals surface area contributed by atoms with Crippen molar-refractivity contribution < 1.29 is 14.2 Å². The van der Waals surface area contributed by atoms with E-state index < -0.39 is 0 Å². The Morgan fingerprint density at radius 3 is 2.32 bits per heavy atom. The molecule has 0 saturated heterocycles. The third-order valence-corrected chi connectivity index (χ3v) is 3.61. The molecule has 25 heavy (non-hydrogen) atoms. The highest BCUT2D eigenvalue weighted by molar-refractivity contribution is 7.80. The van der Waals surface area contributed by atoms with Gasteiger partial charge >= 0.3 is 0 Å². The largest absolute Gasteiger partial charge is 0.493 e. The Kier molecular flexibility index (Phi) is 7.03. The van der Waals surface area contributed by atoms with E-state index in [1.54, 1.807) is 27.5 Å². The van der Waals surface area contributed by atoms with Crippen molar-refractivity contribution >= 4 is 23.5 Å². The molecular formula is C18H21N3O3S. The second-order valence-electron chi connectivity index (χ2n) is 4.98. The van der Waals surface area contributed by atoms with Crippen LogP contribution in [0.2, 0.25) is 0 Å². The van der Waals surface area contributed by atoms with Crippen molar-refractivity contribution in [2.45, 2.75) is 6.61 Å². The molecular weight excluding hydrogens is 338 g/mol. The normalized spacial score (nSPS) is 10.4. The van der Waals surface area contributed by atoms with E-state index >= 15 is 0 Å². The second-order valence-corrected chi connectivity index (χ2v) is 5.39. The fourth-order valence-corrected chi connectivity index (χ4v) is 2.12. The zero-order chi connectivity index (χ0) is 18.1. The summed E-state index contributed by atoms with van der Waals surface area (Å²) in [5.74, 6) is 1.67. The van der Waals surface area contributed by atoms with E-state index in [1.165, 1.54) is 0 Å². The van der Waals surface area contributed by atoms with Crippen molar-refractivity contribution in [1.82, 2.24) is 10.7 Å². The zero-order valence-electron chi connectivity index (χ0n) is 14.4. The molecule has 0 aliphatic rings. The van der Waals surface area contributed by atoms with Crippen molar-refractivity contribution in [3.8, 4) is 17.2 Å². The van der Waals surface area contributed by atoms with Gasteiger partial charge < -0.3 is 19.5 Å². The molecule has 2 aromatic carbocycles. The summed E-state index contributed by atoms with van der Waals surface area (Å²) in [5.41, 5.74) is 4.54. The van der Waals surface area contributed by atoms with E-state index in [4.69, 9.17) is 26.4 Å². The minimum atomic E-state index is 0.416. The van der Waals surface area contributed by atoms with Crippen LogP contribution in [0.5, 0.6) is 17.2 Å². The van der Waals surface area contributed by atoms with Crippen LogP contribution >= 0.6 is 12.2 Å². The van der Waals surface area contributed by atoms with E-state index in [-0.39, 0.29) is 0 Å². The highest BCUT2D eigenvalue weighted by Gasteiger charge is 2.14. The Balaban J connectivity index is 2.20. The van der Waals surface area contributed by atoms with Gasteiger partial charge in [0.25, 0.3) is 0 Å². The number of methoxy groups -OCH3 is 2. The minimum Gasteiger partial charge on any atom is -0.493 e. The van der Waals surface area contributed by atoms with Crippen molar-refractivity contribution in [1.29, 1.82) is 0 Å². The summed E-state index contributed by atoms with van der Waals surface area (Å²) >= 11 is 4.96. The van der Waals surface area contributed by atoms with Gasteiger partial charge in [0.05, 0.1) is 20.4 Å². The first-order chi connectivity index (χ1) is 12.2. The molecule has 132 valence electrons. The number of thiocarbonyl (C=S) groups is 1. The summed E-state index contributed by atoms with van der Waals surface area (Å²) in [6.07, 6.45) is 1.62. The molecule has 2 aromatic rings. The fraction of sp³-hybridized carbons (Fsp3) is 0.222. The molecule has 0 fully saturated rings. The van der Waals surface area contributed by atoms with Crippen LogP contribution in [0.3, 0.4) is 0 Å². The van der Waals surface area contributed by atoms with Gasteiger partial charge in [0.1, 0.15) is 6.61 Å². The molecule has 0 spiro atoms. The first-order valence-corrected chi connectivity index (χ1v) is 8.02. The third kappa shape index (κ3) is 5.36. The molecule has 0 aromatic heterocycles. The van der Waals surface area contributed by atoms with Gasteiger partial charge in [-0.15, -0.1) is 0 Å². The number of hydrogen-bond acceptors (Lipinski definition) is 5. The number of benzene rings is 2. The number of nitrogens with zero attached hydrogens (tertiary/aromatic N) is 1. The molecule has 0 saturated carbocycles. The van der Waals surface area contributed by atoms with Gasteiger partial charge in [-0.05, 0) is 29.9 Å². The topological polar surface area (TPSA) is 64.1 Å². The molecule has 0 unspecified atom stereocenters. The van der Waals surface area contributed by atoms with Crippen molar-refractivity contribution in [2.24, 2.45) is 5.10 Å². The smallest absolute Gasteiger partial charge is 0.203 e. The molecule has 0 aliphatic carbocycles. The lowest BCUT2D eigenvalue weighted by atomic mass is 10.2. The maximum absolute atomic E-state index is 5.91. The maximum atomic E-state index is 5.91. The Morgan fingerprint density at radius 2 is 1.76 bits per heavy atom. The molecule has 0 aliphatic heterocycles. The molecule has 0 radical (unpaired) electrons. The van der Waals surface area contributed by atoms with Crippen LogP contribution in [0.25, 0.3) is 0 Å². The summed E-state index contributed by atoms with van der Waals surface area (Å²) in [6.45, 7) is 0.416. The predicted octanol–water partition coefficient (Wildman–Crippen LogP) is 2.71. The van der Waals surface area contributed by atoms with Crippen LogP contribution in [-0.2, 0) is 6.61 Å². The van der Waals surface area contributed by atoms with Crippen LogP contribution in [0.15, 0.2) is 47.6 Å². The SMILES string of the molecule is CNC(=S)N/N=C\c1cc(OC)c(OCc2ccccc2)c(OC)c1. The maximum Gasteiger partial charge on any atom is 0.203 e. The highest BCUT2D eigenvalue weighted by atomic mass is 32.1. The first-order valence-electron chi connectivity index (χ1n) is 7.61. The minimum absolute atomic E-state index is 0.416. The van der Waals surface area contributed by atoms with E-state index in [0.717, 1.165) is 11.1 Å². The predicted molar refractivity (Wildman–Crippen MR) is 103 cm³/mol. The van der Waals surface area contributed by atoms with Gasteiger partial charge in [-0.2, -0.15) is 5.10 Å². The average Bonchev–Trinajstić information content (AvgIpc) is 2.66. The summed E-state index contributed by atoms with van der Waals surface area (Å²) in [6, 6.07) is 13.5. The van der Waals surface area contributed by atoms with Crippen LogP contribution < -0.4 is 25.0 Å². The lowest BCUT2D eigenvalue weighted by Gasteiger charge is -2.15. The molecule has 0 bridgehead atoms. The van der Waals surface area contributed by atoms with Gasteiger partial charge in [0, 0.05) is 12.6 Å². The van der Waals surface area contributed by atoms with E-state index in [0.29, 0.717) is 29.0 Å². The Labute approximate surface area is 152 Å². The van der Waals surface area contributed by atoms with Gasteiger partial charge in [-0.1, -0.05) is 30.3 Å². The lowest BCUT2D eigenvalue weighted by Crippen LogP contribution is -2.28. The van der Waals surface area contributed by atoms with E-state index in [1.807, 2.05) is 42.5 Å². The molecule has 0 atom stereocenters. The Bertz CT molecular complexity index is 711. The number of rotatable bonds is 7. The van der Waals surface area contributed by atoms with Crippen LogP contribution in [0, 0.1) is 0 Å². The quantitative estimate of drug-likeness (QED) is 0.450. The zero-order valence-corrected chi connectivity index (χ0v) is 15.2. The molecule has 6 nitrogen and oxygen atoms in total. The number of nitrogens with one attached hydrogen (secondary N) is 2. The van der Waals surface area contributed by atoms with Crippen LogP contribution in [0.4, 0.5) is 0 Å². The molecule has 7 heteroatoms. The number of hydrogen-bond donors (Lipinski definition) is 2. The summed E-state index contributed by atoms with van der Waals surface area (Å²) in [7, 11) is 4.88. The molecule has 0 amide bonds. The summed E-state index contributed by atoms with van der Waals surface area (Å²) < 4.78 is 16.8. The van der Waals surface area contributed by atoms with Crippen molar-refractivity contribution in [3.05, 3.63) is 53.6 Å². The molecule has 0 heterocycles. The monoisotopic (exact) mass is 359 g/mol. The average molecular weight is 359 g/mol. The molecule has 2 rings (SSSR count). The highest BCUT2D eigenvalue weighted by Crippen LogP contribution is 2.38. The first kappa shape index (κ1) is 18.5. The summed E-state index contributed by atoms with van der Waals surface area (Å²) in [5, 5.41) is 7.26. The van der Waals surface area contributed by atoms with Crippen molar-refractivity contribution in [3.63, 3.8) is 0 Å². The van der Waals surface area contributed by atoms with Gasteiger partial charge in [-0.25, -0.2) is 0 Å². The standard InChI is InChI=1S/C18H21N3O3S/c1-19-18(25)21-20-11-14-9-15(22-2)17(16(10-14)23-3)24-12-13-7-5-4-6-8-13/h4-11H,12H2,1-3H3,(H2,19,21,25)/b20-11-. The Hall–Kier alpha value is -2.80. The second kappa shape index (κ2) is 9.48. The van der Waals surface area contributed by atoms with Gasteiger partial charge in [0.2, 0.25) is 5.75 Å². The van der Waals surface area contributed by atoms with Gasteiger partial charge in [-0.3, -0.25) is 5.43 Å². The Morgan fingerprint density at radius 1 is 1.12 bits per heavy atom. The van der Waals surface area contributed by atoms with Gasteiger partial charge in [0.15, 0.2) is 16.6 Å². The van der Waals surface area contributed by atoms with E-state index in [9.17, 15) is 0 Å². The van der Waals surface area contributed by atoms with Crippen LogP contribution in [-0.4, -0.2) is 32.6 Å². The number of hydrazone groups is 1. The lowest BCUT2D eigenvalue weighted by molar-refractivity contribution is 0.266. The van der Waals surface area contributed by atoms with Crippen molar-refractivity contribution in [2.75, 3.05) is 21.3 Å². The number of ether oxygens (including phenoxy) is 3. The summed E-state index contributed by atoms with van der Waals surface area (Å²) in [4.78, 5) is 0. The third-order valence-electron chi connectivity index (χ3n) is 3.32. The molecule has 2 N–H and O–H groups in total.